The summed E-state index contributed by atoms with van der Waals surface area (Å²) >= 11 is 0. The SMILES string of the molecule is CCCOc1ccc(C(=O)NCCN(C)c2ccccc2)cc1OCC. The summed E-state index contributed by atoms with van der Waals surface area (Å²) in [6.45, 7) is 6.39. The monoisotopic (exact) mass is 356 g/mol. The van der Waals surface area contributed by atoms with Gasteiger partial charge in [0.15, 0.2) is 11.5 Å². The van der Waals surface area contributed by atoms with Gasteiger partial charge in [-0.1, -0.05) is 25.1 Å². The Morgan fingerprint density at radius 2 is 1.81 bits per heavy atom. The molecule has 0 bridgehead atoms. The zero-order valence-corrected chi connectivity index (χ0v) is 15.8. The number of nitrogens with zero attached hydrogens (tertiary/aromatic N) is 1. The molecule has 0 aliphatic heterocycles. The molecule has 140 valence electrons. The molecule has 26 heavy (non-hydrogen) atoms. The molecule has 0 saturated heterocycles. The highest BCUT2D eigenvalue weighted by Gasteiger charge is 2.11. The summed E-state index contributed by atoms with van der Waals surface area (Å²) in [5.74, 6) is 1.17. The molecular formula is C21H28N2O3. The number of nitrogens with one attached hydrogen (secondary N) is 1. The summed E-state index contributed by atoms with van der Waals surface area (Å²) in [5.41, 5.74) is 1.69. The molecule has 0 radical (unpaired) electrons. The van der Waals surface area contributed by atoms with Gasteiger partial charge in [-0.15, -0.1) is 0 Å². The zero-order valence-electron chi connectivity index (χ0n) is 15.8. The number of rotatable bonds is 10. The maximum Gasteiger partial charge on any atom is 0.251 e. The van der Waals surface area contributed by atoms with Gasteiger partial charge >= 0.3 is 0 Å². The van der Waals surface area contributed by atoms with Crippen molar-refractivity contribution in [2.45, 2.75) is 20.3 Å². The van der Waals surface area contributed by atoms with E-state index in [9.17, 15) is 4.79 Å². The Bertz CT molecular complexity index is 689. The Morgan fingerprint density at radius 1 is 1.04 bits per heavy atom. The quantitative estimate of drug-likeness (QED) is 0.705. The van der Waals surface area contributed by atoms with Crippen LogP contribution >= 0.6 is 0 Å². The molecule has 0 aliphatic rings. The third-order valence-electron chi connectivity index (χ3n) is 3.90. The third kappa shape index (κ3) is 5.69. The number of carbonyl (C=O) groups excluding carboxylic acids is 1. The van der Waals surface area contributed by atoms with Crippen LogP contribution in [-0.4, -0.2) is 39.3 Å². The van der Waals surface area contributed by atoms with Crippen molar-refractivity contribution in [3.63, 3.8) is 0 Å². The first-order valence-corrected chi connectivity index (χ1v) is 9.09. The fourth-order valence-corrected chi connectivity index (χ4v) is 2.50. The number of hydrogen-bond donors (Lipinski definition) is 1. The summed E-state index contributed by atoms with van der Waals surface area (Å²) in [5, 5.41) is 2.95. The number of likely N-dealkylation sites (N-methyl/N-ethyl adjacent to an activating group) is 1. The highest BCUT2D eigenvalue weighted by molar-refractivity contribution is 5.94. The number of para-hydroxylation sites is 1. The van der Waals surface area contributed by atoms with Gasteiger partial charge in [0.05, 0.1) is 13.2 Å². The lowest BCUT2D eigenvalue weighted by atomic mass is 10.2. The minimum Gasteiger partial charge on any atom is -0.490 e. The Morgan fingerprint density at radius 3 is 2.50 bits per heavy atom. The van der Waals surface area contributed by atoms with Gasteiger partial charge < -0.3 is 19.7 Å². The molecule has 5 nitrogen and oxygen atoms in total. The summed E-state index contributed by atoms with van der Waals surface area (Å²) < 4.78 is 11.3. The molecule has 1 amide bonds. The second kappa shape index (κ2) is 10.3. The van der Waals surface area contributed by atoms with E-state index in [0.717, 1.165) is 18.7 Å². The van der Waals surface area contributed by atoms with Crippen LogP contribution in [0.4, 0.5) is 5.69 Å². The number of hydrogen-bond acceptors (Lipinski definition) is 4. The van der Waals surface area contributed by atoms with Crippen LogP contribution in [0.15, 0.2) is 48.5 Å². The van der Waals surface area contributed by atoms with Crippen molar-refractivity contribution in [1.29, 1.82) is 0 Å². The van der Waals surface area contributed by atoms with Crippen molar-refractivity contribution in [3.05, 3.63) is 54.1 Å². The van der Waals surface area contributed by atoms with Crippen LogP contribution in [0.3, 0.4) is 0 Å². The fourth-order valence-electron chi connectivity index (χ4n) is 2.50. The molecule has 0 unspecified atom stereocenters. The van der Waals surface area contributed by atoms with E-state index in [1.165, 1.54) is 0 Å². The molecule has 0 fully saturated rings. The molecule has 5 heteroatoms. The van der Waals surface area contributed by atoms with Crippen LogP contribution in [-0.2, 0) is 0 Å². The summed E-state index contributed by atoms with van der Waals surface area (Å²) in [7, 11) is 2.01. The Hall–Kier alpha value is -2.69. The van der Waals surface area contributed by atoms with Gasteiger partial charge in [-0.3, -0.25) is 4.79 Å². The highest BCUT2D eigenvalue weighted by atomic mass is 16.5. The van der Waals surface area contributed by atoms with Crippen LogP contribution in [0.5, 0.6) is 11.5 Å². The van der Waals surface area contributed by atoms with Crippen LogP contribution in [0.2, 0.25) is 0 Å². The lowest BCUT2D eigenvalue weighted by Gasteiger charge is -2.19. The molecule has 0 aromatic heterocycles. The summed E-state index contributed by atoms with van der Waals surface area (Å²) in [4.78, 5) is 14.5. The van der Waals surface area contributed by atoms with Gasteiger partial charge in [0.25, 0.3) is 5.91 Å². The predicted molar refractivity (Wildman–Crippen MR) is 105 cm³/mol. The first-order chi connectivity index (χ1) is 12.7. The fraction of sp³-hybridized carbons (Fsp3) is 0.381. The van der Waals surface area contributed by atoms with Gasteiger partial charge in [-0.05, 0) is 43.7 Å². The standard InChI is InChI=1S/C21H28N2O3/c1-4-15-26-19-12-11-17(16-20(19)25-5-2)21(24)22-13-14-23(3)18-9-7-6-8-10-18/h6-12,16H,4-5,13-15H2,1-3H3,(H,22,24). The van der Waals surface area contributed by atoms with E-state index in [-0.39, 0.29) is 5.91 Å². The lowest BCUT2D eigenvalue weighted by Crippen LogP contribution is -2.33. The van der Waals surface area contributed by atoms with Crippen LogP contribution in [0, 0.1) is 0 Å². The largest absolute Gasteiger partial charge is 0.490 e. The Balaban J connectivity index is 1.93. The predicted octanol–water partition coefficient (Wildman–Crippen LogP) is 3.74. The van der Waals surface area contributed by atoms with Gasteiger partial charge in [0, 0.05) is 31.4 Å². The average Bonchev–Trinajstić information content (AvgIpc) is 2.67. The molecule has 2 aromatic carbocycles. The Kier molecular flexibility index (Phi) is 7.80. The number of amides is 1. The molecule has 1 N–H and O–H groups in total. The maximum atomic E-state index is 12.4. The highest BCUT2D eigenvalue weighted by Crippen LogP contribution is 2.28. The minimum atomic E-state index is -0.116. The van der Waals surface area contributed by atoms with Crippen molar-refractivity contribution in [1.82, 2.24) is 5.32 Å². The van der Waals surface area contributed by atoms with Crippen molar-refractivity contribution >= 4 is 11.6 Å². The van der Waals surface area contributed by atoms with Gasteiger partial charge in [-0.2, -0.15) is 0 Å². The molecule has 0 spiro atoms. The van der Waals surface area contributed by atoms with Crippen LogP contribution < -0.4 is 19.7 Å². The van der Waals surface area contributed by atoms with Crippen molar-refractivity contribution in [2.24, 2.45) is 0 Å². The number of benzene rings is 2. The number of carbonyl (C=O) groups is 1. The van der Waals surface area contributed by atoms with Crippen LogP contribution in [0.25, 0.3) is 0 Å². The van der Waals surface area contributed by atoms with E-state index in [1.54, 1.807) is 18.2 Å². The van der Waals surface area contributed by atoms with Crippen molar-refractivity contribution in [3.8, 4) is 11.5 Å². The first kappa shape index (κ1) is 19.6. The molecule has 0 heterocycles. The van der Waals surface area contributed by atoms with E-state index in [0.29, 0.717) is 36.8 Å². The van der Waals surface area contributed by atoms with E-state index >= 15 is 0 Å². The third-order valence-corrected chi connectivity index (χ3v) is 3.90. The normalized spacial score (nSPS) is 10.3. The van der Waals surface area contributed by atoms with Crippen molar-refractivity contribution < 1.29 is 14.3 Å². The van der Waals surface area contributed by atoms with E-state index in [4.69, 9.17) is 9.47 Å². The van der Waals surface area contributed by atoms with E-state index in [1.807, 2.05) is 44.3 Å². The first-order valence-electron chi connectivity index (χ1n) is 9.09. The molecule has 2 rings (SSSR count). The average molecular weight is 356 g/mol. The van der Waals surface area contributed by atoms with Gasteiger partial charge in [0.1, 0.15) is 0 Å². The summed E-state index contributed by atoms with van der Waals surface area (Å²) in [6.07, 6.45) is 0.919. The second-order valence-electron chi connectivity index (χ2n) is 5.96. The lowest BCUT2D eigenvalue weighted by molar-refractivity contribution is 0.0954. The minimum absolute atomic E-state index is 0.116. The van der Waals surface area contributed by atoms with E-state index in [2.05, 4.69) is 17.1 Å². The maximum absolute atomic E-state index is 12.4. The van der Waals surface area contributed by atoms with Gasteiger partial charge in [-0.25, -0.2) is 0 Å². The van der Waals surface area contributed by atoms with Gasteiger partial charge in [0.2, 0.25) is 0 Å². The van der Waals surface area contributed by atoms with Crippen molar-refractivity contribution in [2.75, 3.05) is 38.3 Å². The summed E-state index contributed by atoms with van der Waals surface area (Å²) in [6, 6.07) is 15.4. The molecule has 0 aliphatic carbocycles. The molecule has 0 saturated carbocycles. The smallest absolute Gasteiger partial charge is 0.251 e. The molecule has 2 aromatic rings. The zero-order chi connectivity index (χ0) is 18.8. The van der Waals surface area contributed by atoms with Crippen LogP contribution in [0.1, 0.15) is 30.6 Å². The number of ether oxygens (including phenoxy) is 2. The second-order valence-corrected chi connectivity index (χ2v) is 5.96. The molecular weight excluding hydrogens is 328 g/mol. The Labute approximate surface area is 155 Å². The van der Waals surface area contributed by atoms with E-state index < -0.39 is 0 Å². The topological polar surface area (TPSA) is 50.8 Å². The molecule has 0 atom stereocenters. The number of anilines is 1.